The fraction of sp³-hybridized carbons (Fsp3) is 0.821. The molecule has 28 nitrogen and oxygen atoms in total. The number of hydrogen-bond donors (Lipinski definition) is 0. The zero-order valence-electron chi connectivity index (χ0n) is 66.6. The fourth-order valence-corrected chi connectivity index (χ4v) is 12.0. The van der Waals surface area contributed by atoms with Crippen LogP contribution in [0.2, 0.25) is 0 Å². The van der Waals surface area contributed by atoms with Gasteiger partial charge < -0.3 is 123 Å². The second kappa shape index (κ2) is 79.8. The average molecular weight is 1590 g/mol. The van der Waals surface area contributed by atoms with Crippen LogP contribution in [0.5, 0.6) is 34.5 Å². The molecular weight excluding hydrogens is 1450 g/mol. The van der Waals surface area contributed by atoms with Gasteiger partial charge in [0.1, 0.15) is 39.6 Å². The molecule has 108 heavy (non-hydrogen) atoms. The highest BCUT2D eigenvalue weighted by Crippen LogP contribution is 2.41. The molecule has 0 heterocycles. The lowest BCUT2D eigenvalue weighted by molar-refractivity contribution is 0.0146. The Hall–Kier alpha value is -3.84. The average Bonchev–Trinajstić information content (AvgIpc) is 0.823. The van der Waals surface area contributed by atoms with Gasteiger partial charge in [0, 0.05) is 54.2 Å². The number of rotatable bonds is 87. The Morgan fingerprint density at radius 2 is 0.389 bits per heavy atom. The zero-order valence-corrected chi connectivity index (χ0v) is 68.2. The van der Waals surface area contributed by atoms with Crippen molar-refractivity contribution in [2.24, 2.45) is 0 Å². The molecule has 0 bridgehead atoms. The van der Waals surface area contributed by atoms with Gasteiger partial charge in [-0.1, -0.05) is 111 Å². The topological polar surface area (TPSA) is 274 Å². The van der Waals surface area contributed by atoms with Crippen LogP contribution in [-0.4, -0.2) is 317 Å². The third-order valence-corrected chi connectivity index (χ3v) is 18.1. The summed E-state index contributed by atoms with van der Waals surface area (Å²) in [6.07, 6.45) is 20.5. The van der Waals surface area contributed by atoms with E-state index in [4.69, 9.17) is 123 Å². The molecule has 0 atom stereocenters. The van der Waals surface area contributed by atoms with Crippen LogP contribution >= 0.6 is 21.6 Å². The van der Waals surface area contributed by atoms with Crippen molar-refractivity contribution >= 4 is 33.5 Å². The standard InChI is InChI=1S/C78H138O28S2/c1-81-27-33-87-39-45-93-51-57-99-71-65-69(66-72(100-58-52-94-46-40-88-34-28-82-2)75(71)103-61-55-97-49-43-91-37-31-85-5)77(79)105-25-21-17-13-9-7-11-15-19-23-63-107-108-64-24-20-16-12-8-10-14-18-22-26-106-78(80)70-67-73(101-59-53-95-47-41-89-35-29-83-3)76(104-62-56-98-50-44-92-38-32-86-6)74(68-70)102-60-54-96-48-42-90-36-30-84-4/h65-68H,7-64H2,1-6H3. The predicted molar refractivity (Wildman–Crippen MR) is 416 cm³/mol. The molecule has 0 spiro atoms. The molecule has 0 aromatic heterocycles. The first kappa shape index (κ1) is 100. The number of hydrogen-bond acceptors (Lipinski definition) is 30. The minimum atomic E-state index is -0.480. The van der Waals surface area contributed by atoms with E-state index in [0.717, 1.165) is 38.5 Å². The van der Waals surface area contributed by atoms with E-state index in [0.29, 0.717) is 206 Å². The lowest BCUT2D eigenvalue weighted by Crippen LogP contribution is -2.16. The summed E-state index contributed by atoms with van der Waals surface area (Å²) in [5, 5.41) is 0. The molecular formula is C78H138O28S2. The smallest absolute Gasteiger partial charge is 0.338 e. The fourth-order valence-electron chi connectivity index (χ4n) is 9.75. The summed E-state index contributed by atoms with van der Waals surface area (Å²) in [6.45, 7) is 14.1. The van der Waals surface area contributed by atoms with E-state index in [1.807, 2.05) is 21.6 Å². The van der Waals surface area contributed by atoms with Gasteiger partial charge >= 0.3 is 11.9 Å². The van der Waals surface area contributed by atoms with E-state index in [1.54, 1.807) is 66.9 Å². The lowest BCUT2D eigenvalue weighted by Gasteiger charge is -2.19. The Balaban J connectivity index is 1.70. The van der Waals surface area contributed by atoms with Crippen LogP contribution in [-0.2, 0) is 94.7 Å². The van der Waals surface area contributed by atoms with Crippen LogP contribution in [0.1, 0.15) is 136 Å². The van der Waals surface area contributed by atoms with E-state index in [2.05, 4.69) is 0 Å². The van der Waals surface area contributed by atoms with Gasteiger partial charge in [0.25, 0.3) is 0 Å². The third-order valence-electron chi connectivity index (χ3n) is 15.5. The molecule has 630 valence electrons. The van der Waals surface area contributed by atoms with Crippen molar-refractivity contribution in [3.8, 4) is 34.5 Å². The summed E-state index contributed by atoms with van der Waals surface area (Å²) >= 11 is 0. The number of esters is 2. The number of unbranched alkanes of at least 4 members (excludes halogenated alkanes) is 16. The molecule has 2 aromatic rings. The van der Waals surface area contributed by atoms with Crippen molar-refractivity contribution in [3.05, 3.63) is 35.4 Å². The van der Waals surface area contributed by atoms with Crippen LogP contribution in [0.4, 0.5) is 0 Å². The van der Waals surface area contributed by atoms with Crippen molar-refractivity contribution in [3.63, 3.8) is 0 Å². The van der Waals surface area contributed by atoms with Crippen molar-refractivity contribution in [1.82, 2.24) is 0 Å². The molecule has 0 unspecified atom stereocenters. The lowest BCUT2D eigenvalue weighted by atomic mass is 10.1. The van der Waals surface area contributed by atoms with Crippen LogP contribution in [0.15, 0.2) is 24.3 Å². The summed E-state index contributed by atoms with van der Waals surface area (Å²) in [6, 6.07) is 6.48. The highest BCUT2D eigenvalue weighted by molar-refractivity contribution is 8.76. The van der Waals surface area contributed by atoms with Crippen LogP contribution in [0.25, 0.3) is 0 Å². The second-order valence-corrected chi connectivity index (χ2v) is 27.0. The Morgan fingerprint density at radius 3 is 0.602 bits per heavy atom. The van der Waals surface area contributed by atoms with Gasteiger partial charge in [-0.15, -0.1) is 0 Å². The maximum atomic E-state index is 13.6. The Labute approximate surface area is 653 Å². The van der Waals surface area contributed by atoms with E-state index in [1.165, 1.54) is 88.6 Å². The molecule has 0 aliphatic carbocycles. The van der Waals surface area contributed by atoms with Gasteiger partial charge in [-0.2, -0.15) is 0 Å². The van der Waals surface area contributed by atoms with E-state index in [9.17, 15) is 9.59 Å². The quantitative estimate of drug-likeness (QED) is 0.0338. The highest BCUT2D eigenvalue weighted by Gasteiger charge is 2.23. The zero-order chi connectivity index (χ0) is 77.4. The monoisotopic (exact) mass is 1590 g/mol. The molecule has 0 fully saturated rings. The van der Waals surface area contributed by atoms with Crippen molar-refractivity contribution in [2.45, 2.75) is 116 Å². The number of benzene rings is 2. The maximum absolute atomic E-state index is 13.6. The molecule has 2 rings (SSSR count). The molecule has 0 N–H and O–H groups in total. The first-order valence-electron chi connectivity index (χ1n) is 39.0. The largest absolute Gasteiger partial charge is 0.487 e. The Bertz CT molecular complexity index is 2040. The molecule has 0 saturated carbocycles. The Kier molecular flexibility index (Phi) is 74.1. The van der Waals surface area contributed by atoms with E-state index in [-0.39, 0.29) is 90.4 Å². The Morgan fingerprint density at radius 1 is 0.213 bits per heavy atom. The van der Waals surface area contributed by atoms with Crippen LogP contribution in [0, 0.1) is 0 Å². The second-order valence-electron chi connectivity index (χ2n) is 24.3. The molecule has 0 radical (unpaired) electrons. The molecule has 0 aliphatic heterocycles. The molecule has 30 heteroatoms. The summed E-state index contributed by atoms with van der Waals surface area (Å²) in [5.74, 6) is 3.32. The van der Waals surface area contributed by atoms with Gasteiger partial charge in [0.2, 0.25) is 11.5 Å². The highest BCUT2D eigenvalue weighted by atomic mass is 33.1. The van der Waals surface area contributed by atoms with Crippen molar-refractivity contribution < 1.29 is 133 Å². The van der Waals surface area contributed by atoms with Gasteiger partial charge in [0.05, 0.1) is 223 Å². The minimum Gasteiger partial charge on any atom is -0.487 e. The maximum Gasteiger partial charge on any atom is 0.338 e. The van der Waals surface area contributed by atoms with E-state index >= 15 is 0 Å². The summed E-state index contributed by atoms with van der Waals surface area (Å²) < 4.78 is 146. The predicted octanol–water partition coefficient (Wildman–Crippen LogP) is 11.5. The molecule has 0 aliphatic rings. The van der Waals surface area contributed by atoms with Gasteiger partial charge in [-0.05, 0) is 49.9 Å². The molecule has 0 saturated heterocycles. The number of ether oxygens (including phenoxy) is 26. The third kappa shape index (κ3) is 60.8. The van der Waals surface area contributed by atoms with Crippen LogP contribution in [0.3, 0.4) is 0 Å². The van der Waals surface area contributed by atoms with Gasteiger partial charge in [-0.3, -0.25) is 0 Å². The van der Waals surface area contributed by atoms with Crippen molar-refractivity contribution in [2.75, 3.05) is 305 Å². The first-order valence-corrected chi connectivity index (χ1v) is 41.5. The normalized spacial score (nSPS) is 11.4. The van der Waals surface area contributed by atoms with E-state index < -0.39 is 11.9 Å². The molecule has 2 aromatic carbocycles. The van der Waals surface area contributed by atoms with Gasteiger partial charge in [-0.25, -0.2) is 9.59 Å². The van der Waals surface area contributed by atoms with Crippen LogP contribution < -0.4 is 28.4 Å². The summed E-state index contributed by atoms with van der Waals surface area (Å²) in [7, 11) is 13.8. The minimum absolute atomic E-state index is 0.178. The van der Waals surface area contributed by atoms with Crippen molar-refractivity contribution in [1.29, 1.82) is 0 Å². The number of methoxy groups -OCH3 is 6. The number of carbonyl (C=O) groups excluding carboxylic acids is 2. The number of carbonyl (C=O) groups is 2. The van der Waals surface area contributed by atoms with Gasteiger partial charge in [0.15, 0.2) is 23.0 Å². The SMILES string of the molecule is COCCOCCOCCOc1cc(C(=O)OCCCCCCCCCCCSSCCCCCCCCCCCOC(=O)c2cc(OCCOCCOCCOC)c(OCCOCCOCCOC)c(OCCOCCOCCOC)c2)cc(OCCOCCOCCOC)c1OCCOCCOCCOC. The summed E-state index contributed by atoms with van der Waals surface area (Å²) in [4.78, 5) is 27.2. The first-order chi connectivity index (χ1) is 53.4. The summed E-state index contributed by atoms with van der Waals surface area (Å²) in [5.41, 5.74) is 0.552. The molecule has 0 amide bonds.